The van der Waals surface area contributed by atoms with E-state index in [0.717, 1.165) is 16.7 Å². The summed E-state index contributed by atoms with van der Waals surface area (Å²) in [5, 5.41) is 11.5. The summed E-state index contributed by atoms with van der Waals surface area (Å²) in [6.45, 7) is 1.80. The van der Waals surface area contributed by atoms with Crippen LogP contribution in [0.4, 0.5) is 5.69 Å². The van der Waals surface area contributed by atoms with Crippen molar-refractivity contribution in [1.82, 2.24) is 4.72 Å². The Hall–Kier alpha value is -3.47. The minimum Gasteiger partial charge on any atom is -0.326 e. The highest BCUT2D eigenvalue weighted by Gasteiger charge is 2.18. The normalized spacial score (nSPS) is 12.0. The van der Waals surface area contributed by atoms with Crippen LogP contribution in [0.2, 0.25) is 0 Å². The quantitative estimate of drug-likeness (QED) is 0.509. The molecule has 2 N–H and O–H groups in total. The summed E-state index contributed by atoms with van der Waals surface area (Å²) >= 11 is 0. The third-order valence-electron chi connectivity index (χ3n) is 5.03. The van der Waals surface area contributed by atoms with Crippen molar-refractivity contribution in [2.75, 3.05) is 5.32 Å². The van der Waals surface area contributed by atoms with E-state index in [1.54, 1.807) is 43.3 Å². The number of nitrogens with zero attached hydrogens (tertiary/aromatic N) is 1. The van der Waals surface area contributed by atoms with E-state index in [9.17, 15) is 13.2 Å². The number of hydrogen-bond donors (Lipinski definition) is 2. The summed E-state index contributed by atoms with van der Waals surface area (Å²) in [5.41, 5.74) is 3.34. The summed E-state index contributed by atoms with van der Waals surface area (Å²) < 4.78 is 28.0. The van der Waals surface area contributed by atoms with Gasteiger partial charge in [0, 0.05) is 18.2 Å². The van der Waals surface area contributed by atoms with Crippen LogP contribution >= 0.6 is 0 Å². The average Bonchev–Trinajstić information content (AvgIpc) is 2.80. The molecule has 1 amide bonds. The molecule has 32 heavy (non-hydrogen) atoms. The van der Waals surface area contributed by atoms with Crippen molar-refractivity contribution >= 4 is 21.6 Å². The molecule has 0 bridgehead atoms. The number of rotatable bonds is 9. The van der Waals surface area contributed by atoms with Crippen LogP contribution in [-0.2, 0) is 27.7 Å². The fourth-order valence-corrected chi connectivity index (χ4v) is 4.46. The molecule has 0 aliphatic heterocycles. The van der Waals surface area contributed by atoms with E-state index in [1.807, 2.05) is 42.5 Å². The molecule has 0 aliphatic carbocycles. The standard InChI is InChI=1S/C25H25N3O3S/c1-19(22-5-3-2-4-6-22)28-32(30,31)24-14-9-20(10-15-24)11-16-25(29)27-23-12-7-21(8-13-23)17-18-26/h2-10,12-15,19,28H,11,16-17H2,1H3,(H,27,29)/t19-/m0/s1. The average molecular weight is 448 g/mol. The van der Waals surface area contributed by atoms with Gasteiger partial charge >= 0.3 is 0 Å². The van der Waals surface area contributed by atoms with Crippen molar-refractivity contribution in [2.24, 2.45) is 0 Å². The Morgan fingerprint density at radius 1 is 0.938 bits per heavy atom. The number of hydrogen-bond acceptors (Lipinski definition) is 4. The second kappa shape index (κ2) is 10.7. The highest BCUT2D eigenvalue weighted by molar-refractivity contribution is 7.89. The van der Waals surface area contributed by atoms with Gasteiger partial charge in [-0.05, 0) is 54.3 Å². The zero-order valence-electron chi connectivity index (χ0n) is 17.8. The van der Waals surface area contributed by atoms with Crippen molar-refractivity contribution in [3.8, 4) is 6.07 Å². The zero-order chi connectivity index (χ0) is 23.0. The number of amides is 1. The Morgan fingerprint density at radius 2 is 1.56 bits per heavy atom. The van der Waals surface area contributed by atoms with E-state index < -0.39 is 10.0 Å². The predicted octanol–water partition coefficient (Wildman–Crippen LogP) is 4.36. The van der Waals surface area contributed by atoms with E-state index in [1.165, 1.54) is 0 Å². The lowest BCUT2D eigenvalue weighted by Crippen LogP contribution is -2.26. The summed E-state index contributed by atoms with van der Waals surface area (Å²) in [5.74, 6) is -0.131. The molecule has 0 fully saturated rings. The second-order valence-electron chi connectivity index (χ2n) is 7.48. The van der Waals surface area contributed by atoms with Gasteiger partial charge < -0.3 is 5.32 Å². The van der Waals surface area contributed by atoms with E-state index in [2.05, 4.69) is 16.1 Å². The van der Waals surface area contributed by atoms with Gasteiger partial charge in [-0.15, -0.1) is 0 Å². The molecule has 0 unspecified atom stereocenters. The zero-order valence-corrected chi connectivity index (χ0v) is 18.6. The number of carbonyl (C=O) groups excluding carboxylic acids is 1. The number of benzene rings is 3. The van der Waals surface area contributed by atoms with Crippen LogP contribution in [0.5, 0.6) is 0 Å². The summed E-state index contributed by atoms with van der Waals surface area (Å²) in [4.78, 5) is 12.4. The SMILES string of the molecule is C[C@H](NS(=O)(=O)c1ccc(CCC(=O)Nc2ccc(CC#N)cc2)cc1)c1ccccc1. The highest BCUT2D eigenvalue weighted by atomic mass is 32.2. The molecule has 0 saturated heterocycles. The molecule has 164 valence electrons. The van der Waals surface area contributed by atoms with Crippen molar-refractivity contribution < 1.29 is 13.2 Å². The second-order valence-corrected chi connectivity index (χ2v) is 9.19. The lowest BCUT2D eigenvalue weighted by molar-refractivity contribution is -0.116. The highest BCUT2D eigenvalue weighted by Crippen LogP contribution is 2.18. The molecule has 3 rings (SSSR count). The molecular weight excluding hydrogens is 422 g/mol. The van der Waals surface area contributed by atoms with Gasteiger partial charge in [0.05, 0.1) is 17.4 Å². The maximum absolute atomic E-state index is 12.7. The van der Waals surface area contributed by atoms with Crippen molar-refractivity contribution in [2.45, 2.75) is 37.1 Å². The first-order valence-electron chi connectivity index (χ1n) is 10.3. The van der Waals surface area contributed by atoms with Gasteiger partial charge in [-0.25, -0.2) is 13.1 Å². The predicted molar refractivity (Wildman–Crippen MR) is 124 cm³/mol. The van der Waals surface area contributed by atoms with E-state index >= 15 is 0 Å². The molecule has 7 heteroatoms. The Bertz CT molecular complexity index is 1180. The van der Waals surface area contributed by atoms with Crippen LogP contribution in [0.15, 0.2) is 83.8 Å². The lowest BCUT2D eigenvalue weighted by Gasteiger charge is -2.15. The first-order chi connectivity index (χ1) is 15.4. The van der Waals surface area contributed by atoms with Crippen LogP contribution in [0.3, 0.4) is 0 Å². The Kier molecular flexibility index (Phi) is 7.77. The minimum atomic E-state index is -3.65. The fourth-order valence-electron chi connectivity index (χ4n) is 3.22. The summed E-state index contributed by atoms with van der Waals surface area (Å²) in [6.07, 6.45) is 1.10. The molecule has 0 spiro atoms. The number of anilines is 1. The van der Waals surface area contributed by atoms with Crippen LogP contribution in [-0.4, -0.2) is 14.3 Å². The van der Waals surface area contributed by atoms with Gasteiger partial charge in [0.2, 0.25) is 15.9 Å². The lowest BCUT2D eigenvalue weighted by atomic mass is 10.1. The maximum atomic E-state index is 12.7. The summed E-state index contributed by atoms with van der Waals surface area (Å²) in [7, 11) is -3.65. The third kappa shape index (κ3) is 6.51. The van der Waals surface area contributed by atoms with Crippen LogP contribution in [0, 0.1) is 11.3 Å². The monoisotopic (exact) mass is 447 g/mol. The van der Waals surface area contributed by atoms with Gasteiger partial charge in [0.25, 0.3) is 0 Å². The van der Waals surface area contributed by atoms with E-state index in [-0.39, 0.29) is 23.3 Å². The number of aryl methyl sites for hydroxylation is 1. The molecule has 0 aliphatic rings. The van der Waals surface area contributed by atoms with Gasteiger partial charge in [-0.1, -0.05) is 54.6 Å². The van der Waals surface area contributed by atoms with Crippen LogP contribution < -0.4 is 10.0 Å². The van der Waals surface area contributed by atoms with Crippen LogP contribution in [0.25, 0.3) is 0 Å². The fraction of sp³-hybridized carbons (Fsp3) is 0.200. The van der Waals surface area contributed by atoms with Crippen molar-refractivity contribution in [3.63, 3.8) is 0 Å². The Morgan fingerprint density at radius 3 is 2.19 bits per heavy atom. The van der Waals surface area contributed by atoms with Crippen molar-refractivity contribution in [1.29, 1.82) is 5.26 Å². The van der Waals surface area contributed by atoms with Crippen LogP contribution in [0.1, 0.15) is 36.1 Å². The molecule has 3 aromatic carbocycles. The van der Waals surface area contributed by atoms with E-state index in [0.29, 0.717) is 18.5 Å². The minimum absolute atomic E-state index is 0.131. The molecule has 0 saturated carbocycles. The maximum Gasteiger partial charge on any atom is 0.241 e. The van der Waals surface area contributed by atoms with Gasteiger partial charge in [0.15, 0.2) is 0 Å². The van der Waals surface area contributed by atoms with Gasteiger partial charge in [0.1, 0.15) is 0 Å². The third-order valence-corrected chi connectivity index (χ3v) is 6.58. The Labute approximate surface area is 189 Å². The molecule has 0 radical (unpaired) electrons. The Balaban J connectivity index is 1.53. The molecule has 6 nitrogen and oxygen atoms in total. The van der Waals surface area contributed by atoms with Gasteiger partial charge in [-0.2, -0.15) is 5.26 Å². The number of sulfonamides is 1. The molecular formula is C25H25N3O3S. The number of carbonyl (C=O) groups is 1. The topological polar surface area (TPSA) is 99.1 Å². The molecule has 3 aromatic rings. The first-order valence-corrected chi connectivity index (χ1v) is 11.8. The van der Waals surface area contributed by atoms with Gasteiger partial charge in [-0.3, -0.25) is 4.79 Å². The van der Waals surface area contributed by atoms with Crippen molar-refractivity contribution in [3.05, 3.63) is 95.6 Å². The summed E-state index contributed by atoms with van der Waals surface area (Å²) in [6, 6.07) is 24.8. The number of nitrogens with one attached hydrogen (secondary N) is 2. The van der Waals surface area contributed by atoms with E-state index in [4.69, 9.17) is 5.26 Å². The molecule has 0 heterocycles. The smallest absolute Gasteiger partial charge is 0.241 e. The first kappa shape index (κ1) is 23.2. The molecule has 0 aromatic heterocycles. The molecule has 1 atom stereocenters. The number of nitriles is 1. The largest absolute Gasteiger partial charge is 0.326 e.